The highest BCUT2D eigenvalue weighted by Crippen LogP contribution is 2.47. The van der Waals surface area contributed by atoms with Gasteiger partial charge in [-0.25, -0.2) is 19.7 Å². The van der Waals surface area contributed by atoms with Crippen LogP contribution >= 0.6 is 0 Å². The van der Waals surface area contributed by atoms with Crippen molar-refractivity contribution in [2.75, 3.05) is 36.6 Å². The summed E-state index contributed by atoms with van der Waals surface area (Å²) in [5.41, 5.74) is 2.34. The standard InChI is InChI=1S/C36H50N6O5Si/c1-24(2)44-17-18-45-31-29(13-12-15-38-31)41-32-39-16-14-28(40-32)25-19-26(21-37)30-27(20-25)36(9,23-46-48(10,11)35(6,7)8)22-42(30)33(43)47-34(3,4)5/h12-16,19-20,24H,17-18,22-23H2,1-11H3,(H,39,40,41)/t36-/m1/s1. The Morgan fingerprint density at radius 3 is 2.48 bits per heavy atom. The number of rotatable bonds is 11. The molecular formula is C36H50N6O5Si. The molecule has 0 bridgehead atoms. The zero-order valence-corrected chi connectivity index (χ0v) is 31.2. The number of nitrogens with zero attached hydrogens (tertiary/aromatic N) is 5. The number of ether oxygens (including phenoxy) is 3. The summed E-state index contributed by atoms with van der Waals surface area (Å²) in [6, 6.07) is 11.5. The molecule has 0 saturated heterocycles. The monoisotopic (exact) mass is 674 g/mol. The molecule has 0 aliphatic carbocycles. The minimum atomic E-state index is -2.14. The lowest BCUT2D eigenvalue weighted by atomic mass is 9.83. The molecule has 0 spiro atoms. The highest BCUT2D eigenvalue weighted by atomic mass is 28.4. The maximum Gasteiger partial charge on any atom is 0.414 e. The third-order valence-corrected chi connectivity index (χ3v) is 13.0. The lowest BCUT2D eigenvalue weighted by Crippen LogP contribution is -2.46. The Kier molecular flexibility index (Phi) is 10.9. The molecule has 1 amide bonds. The largest absolute Gasteiger partial charge is 0.474 e. The molecule has 48 heavy (non-hydrogen) atoms. The first-order valence-corrected chi connectivity index (χ1v) is 19.3. The summed E-state index contributed by atoms with van der Waals surface area (Å²) in [5.74, 6) is 0.741. The summed E-state index contributed by atoms with van der Waals surface area (Å²) in [7, 11) is -2.14. The van der Waals surface area contributed by atoms with Crippen molar-refractivity contribution in [1.82, 2.24) is 15.0 Å². The van der Waals surface area contributed by atoms with E-state index in [-0.39, 0.29) is 11.1 Å². The summed E-state index contributed by atoms with van der Waals surface area (Å²) in [6.07, 6.45) is 2.92. The number of fused-ring (bicyclic) bond motifs is 1. The van der Waals surface area contributed by atoms with Crippen LogP contribution in [0.5, 0.6) is 5.88 Å². The Morgan fingerprint density at radius 1 is 1.10 bits per heavy atom. The van der Waals surface area contributed by atoms with E-state index in [0.717, 1.165) is 5.56 Å². The molecule has 1 aromatic carbocycles. The fraction of sp³-hybridized carbons (Fsp3) is 0.528. The molecule has 0 saturated carbocycles. The van der Waals surface area contributed by atoms with Gasteiger partial charge in [0, 0.05) is 36.5 Å². The van der Waals surface area contributed by atoms with E-state index in [1.54, 1.807) is 35.5 Å². The molecule has 258 valence electrons. The second kappa shape index (κ2) is 14.2. The lowest BCUT2D eigenvalue weighted by Gasteiger charge is -2.39. The van der Waals surface area contributed by atoms with Crippen molar-refractivity contribution >= 4 is 31.7 Å². The van der Waals surface area contributed by atoms with E-state index in [1.165, 1.54) is 0 Å². The Hall–Kier alpha value is -4.05. The van der Waals surface area contributed by atoms with Gasteiger partial charge in [-0.1, -0.05) is 27.7 Å². The molecule has 0 fully saturated rings. The van der Waals surface area contributed by atoms with Crippen molar-refractivity contribution in [2.45, 2.75) is 97.6 Å². The Morgan fingerprint density at radius 2 is 1.83 bits per heavy atom. The van der Waals surface area contributed by atoms with Crippen LogP contribution in [0.1, 0.15) is 73.4 Å². The van der Waals surface area contributed by atoms with Gasteiger partial charge < -0.3 is 24.0 Å². The number of nitrogens with one attached hydrogen (secondary N) is 1. The van der Waals surface area contributed by atoms with E-state index >= 15 is 0 Å². The maximum absolute atomic E-state index is 13.6. The lowest BCUT2D eigenvalue weighted by molar-refractivity contribution is 0.0544. The minimum absolute atomic E-state index is 0.000702. The van der Waals surface area contributed by atoms with Crippen LogP contribution in [0.2, 0.25) is 18.1 Å². The van der Waals surface area contributed by atoms with Gasteiger partial charge in [0.25, 0.3) is 0 Å². The number of aromatic nitrogens is 3. The molecule has 0 radical (unpaired) electrons. The van der Waals surface area contributed by atoms with E-state index in [4.69, 9.17) is 23.6 Å². The fourth-order valence-corrected chi connectivity index (χ4v) is 6.12. The van der Waals surface area contributed by atoms with Crippen LogP contribution in [0.15, 0.2) is 42.7 Å². The average molecular weight is 675 g/mol. The number of pyridine rings is 1. The van der Waals surface area contributed by atoms with Crippen LogP contribution in [-0.2, 0) is 19.3 Å². The van der Waals surface area contributed by atoms with E-state index in [1.807, 2.05) is 46.8 Å². The van der Waals surface area contributed by atoms with Gasteiger partial charge in [-0.15, -0.1) is 0 Å². The number of carbonyl (C=O) groups is 1. The van der Waals surface area contributed by atoms with E-state index in [0.29, 0.717) is 66.4 Å². The number of amides is 1. The third-order valence-electron chi connectivity index (χ3n) is 8.57. The maximum atomic E-state index is 13.6. The first kappa shape index (κ1) is 36.8. The quantitative estimate of drug-likeness (QED) is 0.158. The zero-order valence-electron chi connectivity index (χ0n) is 30.2. The number of benzene rings is 1. The topological polar surface area (TPSA) is 132 Å². The average Bonchev–Trinajstić information content (AvgIpc) is 3.30. The van der Waals surface area contributed by atoms with Gasteiger partial charge in [0.05, 0.1) is 29.7 Å². The van der Waals surface area contributed by atoms with Gasteiger partial charge in [-0.05, 0) is 88.6 Å². The zero-order chi connectivity index (χ0) is 35.5. The second-order valence-electron chi connectivity index (χ2n) is 15.2. The summed E-state index contributed by atoms with van der Waals surface area (Å²) < 4.78 is 24.0. The SMILES string of the molecule is CC(C)OCCOc1ncccc1Nc1nccc(-c2cc(C#N)c3c(c2)[C@@](C)(CO[Si](C)(C)C(C)(C)C)CN3C(=O)OC(C)(C)C)n1. The van der Waals surface area contributed by atoms with E-state index < -0.39 is 25.4 Å². The molecule has 1 aliphatic heterocycles. The van der Waals surface area contributed by atoms with Gasteiger partial charge in [-0.2, -0.15) is 5.26 Å². The van der Waals surface area contributed by atoms with Crippen molar-refractivity contribution < 1.29 is 23.4 Å². The summed E-state index contributed by atoms with van der Waals surface area (Å²) in [6.45, 7) is 24.0. The highest BCUT2D eigenvalue weighted by Gasteiger charge is 2.47. The Balaban J connectivity index is 1.72. The van der Waals surface area contributed by atoms with E-state index in [9.17, 15) is 10.1 Å². The van der Waals surface area contributed by atoms with Gasteiger partial charge in [0.15, 0.2) is 8.32 Å². The van der Waals surface area contributed by atoms with Crippen molar-refractivity contribution in [3.63, 3.8) is 0 Å². The minimum Gasteiger partial charge on any atom is -0.474 e. The molecule has 1 aliphatic rings. The first-order chi connectivity index (χ1) is 22.3. The van der Waals surface area contributed by atoms with Crippen LogP contribution in [0, 0.1) is 11.3 Å². The van der Waals surface area contributed by atoms with Crippen LogP contribution < -0.4 is 15.0 Å². The van der Waals surface area contributed by atoms with Crippen LogP contribution in [0.4, 0.5) is 22.1 Å². The number of hydrogen-bond acceptors (Lipinski definition) is 10. The summed E-state index contributed by atoms with van der Waals surface area (Å²) in [4.78, 5) is 28.7. The smallest absolute Gasteiger partial charge is 0.414 e. The molecule has 0 unspecified atom stereocenters. The molecule has 3 aromatic rings. The van der Waals surface area contributed by atoms with Gasteiger partial charge in [0.2, 0.25) is 11.8 Å². The molecule has 4 rings (SSSR count). The van der Waals surface area contributed by atoms with Crippen LogP contribution in [0.3, 0.4) is 0 Å². The van der Waals surface area contributed by atoms with Crippen molar-refractivity contribution in [2.24, 2.45) is 0 Å². The third kappa shape index (κ3) is 8.69. The number of nitriles is 1. The van der Waals surface area contributed by atoms with Crippen molar-refractivity contribution in [3.8, 4) is 23.2 Å². The summed E-state index contributed by atoms with van der Waals surface area (Å²) >= 11 is 0. The molecule has 11 nitrogen and oxygen atoms in total. The molecule has 1 N–H and O–H groups in total. The number of anilines is 3. The number of hydrogen-bond donors (Lipinski definition) is 1. The van der Waals surface area contributed by atoms with Gasteiger partial charge >= 0.3 is 6.09 Å². The predicted molar refractivity (Wildman–Crippen MR) is 190 cm³/mol. The summed E-state index contributed by atoms with van der Waals surface area (Å²) in [5, 5.41) is 13.6. The Labute approximate surface area is 286 Å². The molecule has 2 aromatic heterocycles. The highest BCUT2D eigenvalue weighted by molar-refractivity contribution is 6.74. The van der Waals surface area contributed by atoms with Gasteiger partial charge in [0.1, 0.15) is 24.0 Å². The fourth-order valence-electron chi connectivity index (χ4n) is 5.01. The van der Waals surface area contributed by atoms with Gasteiger partial charge in [-0.3, -0.25) is 4.90 Å². The van der Waals surface area contributed by atoms with Crippen molar-refractivity contribution in [1.29, 1.82) is 5.26 Å². The molecular weight excluding hydrogens is 625 g/mol. The molecule has 1 atom stereocenters. The number of carbonyl (C=O) groups excluding carboxylic acids is 1. The molecule has 12 heteroatoms. The van der Waals surface area contributed by atoms with Crippen molar-refractivity contribution in [3.05, 3.63) is 53.9 Å². The second-order valence-corrected chi connectivity index (χ2v) is 20.0. The normalized spacial score (nSPS) is 16.4. The molecule has 3 heterocycles. The predicted octanol–water partition coefficient (Wildman–Crippen LogP) is 7.99. The van der Waals surface area contributed by atoms with Crippen LogP contribution in [-0.4, -0.2) is 67.4 Å². The van der Waals surface area contributed by atoms with E-state index in [2.05, 4.69) is 62.1 Å². The Bertz CT molecular complexity index is 1660. The van der Waals surface area contributed by atoms with Crippen LogP contribution in [0.25, 0.3) is 11.3 Å². The first-order valence-electron chi connectivity index (χ1n) is 16.4.